The van der Waals surface area contributed by atoms with E-state index in [2.05, 4.69) is 4.98 Å². The highest BCUT2D eigenvalue weighted by Gasteiger charge is 2.37. The van der Waals surface area contributed by atoms with E-state index in [9.17, 15) is 17.6 Å². The fourth-order valence-corrected chi connectivity index (χ4v) is 3.63. The van der Waals surface area contributed by atoms with Gasteiger partial charge in [-0.1, -0.05) is 12.8 Å². The molecule has 1 atom stereocenters. The first-order valence-corrected chi connectivity index (χ1v) is 7.06. The lowest BCUT2D eigenvalue weighted by molar-refractivity contribution is 0.389. The summed E-state index contributed by atoms with van der Waals surface area (Å²) in [7, 11) is 0. The average molecular weight is 288 g/mol. The van der Waals surface area contributed by atoms with Crippen LogP contribution in [-0.2, 0) is 0 Å². The van der Waals surface area contributed by atoms with Gasteiger partial charge < -0.3 is 4.90 Å². The van der Waals surface area contributed by atoms with Crippen molar-refractivity contribution < 1.29 is 17.6 Å². The largest absolute Gasteiger partial charge is 0.363 e. The molecule has 2 nitrogen and oxygen atoms in total. The third-order valence-corrected chi connectivity index (χ3v) is 4.50. The van der Waals surface area contributed by atoms with E-state index in [0.29, 0.717) is 12.5 Å². The first kappa shape index (κ1) is 13.6. The SMILES string of the molecule is Fc1nc(F)c(F)c(N2CCCC2C2CCCC2)c1F. The third kappa shape index (κ3) is 2.15. The minimum Gasteiger partial charge on any atom is -0.363 e. The molecule has 0 bridgehead atoms. The van der Waals surface area contributed by atoms with Gasteiger partial charge in [0.25, 0.3) is 11.9 Å². The Kier molecular flexibility index (Phi) is 3.56. The monoisotopic (exact) mass is 288 g/mol. The maximum Gasteiger partial charge on any atom is 0.253 e. The number of anilines is 1. The Morgan fingerprint density at radius 1 is 0.850 bits per heavy atom. The molecule has 1 unspecified atom stereocenters. The number of hydrogen-bond donors (Lipinski definition) is 0. The number of aromatic nitrogens is 1. The maximum atomic E-state index is 13.9. The van der Waals surface area contributed by atoms with E-state index in [0.717, 1.165) is 38.5 Å². The molecule has 1 saturated carbocycles. The first-order valence-electron chi connectivity index (χ1n) is 7.06. The summed E-state index contributed by atoms with van der Waals surface area (Å²) in [5, 5.41) is 0. The Bertz CT molecular complexity index is 488. The highest BCUT2D eigenvalue weighted by Crippen LogP contribution is 2.39. The van der Waals surface area contributed by atoms with E-state index in [-0.39, 0.29) is 6.04 Å². The standard InChI is InChI=1S/C14H16F4N2/c15-10-12(11(16)14(18)19-13(10)17)20-7-3-6-9(20)8-4-1-2-5-8/h8-9H,1-7H2. The maximum absolute atomic E-state index is 13.9. The van der Waals surface area contributed by atoms with Crippen molar-refractivity contribution in [2.24, 2.45) is 5.92 Å². The topological polar surface area (TPSA) is 16.1 Å². The van der Waals surface area contributed by atoms with Crippen LogP contribution in [0.2, 0.25) is 0 Å². The summed E-state index contributed by atoms with van der Waals surface area (Å²) >= 11 is 0. The summed E-state index contributed by atoms with van der Waals surface area (Å²) in [6, 6.07) is -0.0253. The molecule has 0 amide bonds. The Morgan fingerprint density at radius 2 is 1.45 bits per heavy atom. The van der Waals surface area contributed by atoms with E-state index in [1.165, 1.54) is 4.90 Å². The smallest absolute Gasteiger partial charge is 0.253 e. The van der Waals surface area contributed by atoms with Crippen molar-refractivity contribution >= 4 is 5.69 Å². The van der Waals surface area contributed by atoms with E-state index < -0.39 is 29.2 Å². The zero-order valence-corrected chi connectivity index (χ0v) is 11.0. The summed E-state index contributed by atoms with van der Waals surface area (Å²) < 4.78 is 54.3. The van der Waals surface area contributed by atoms with E-state index in [4.69, 9.17) is 0 Å². The van der Waals surface area contributed by atoms with E-state index in [1.807, 2.05) is 0 Å². The molecule has 0 N–H and O–H groups in total. The predicted molar refractivity (Wildman–Crippen MR) is 66.4 cm³/mol. The Balaban J connectivity index is 1.99. The van der Waals surface area contributed by atoms with E-state index in [1.54, 1.807) is 0 Å². The molecular formula is C14H16F4N2. The van der Waals surface area contributed by atoms with Crippen molar-refractivity contribution in [1.29, 1.82) is 0 Å². The molecule has 1 aromatic heterocycles. The summed E-state index contributed by atoms with van der Waals surface area (Å²) in [5.74, 6) is -5.55. The average Bonchev–Trinajstić information content (AvgIpc) is 3.07. The molecule has 1 saturated heterocycles. The van der Waals surface area contributed by atoms with Crippen LogP contribution in [0.3, 0.4) is 0 Å². The van der Waals surface area contributed by atoms with Crippen LogP contribution in [0, 0.1) is 29.4 Å². The van der Waals surface area contributed by atoms with Gasteiger partial charge in [0.1, 0.15) is 5.69 Å². The molecule has 0 radical (unpaired) electrons. The second-order valence-electron chi connectivity index (χ2n) is 5.62. The van der Waals surface area contributed by atoms with Crippen molar-refractivity contribution in [3.63, 3.8) is 0 Å². The van der Waals surface area contributed by atoms with Crippen molar-refractivity contribution in [2.75, 3.05) is 11.4 Å². The number of hydrogen-bond acceptors (Lipinski definition) is 2. The van der Waals surface area contributed by atoms with Crippen LogP contribution in [0.25, 0.3) is 0 Å². The summed E-state index contributed by atoms with van der Waals surface area (Å²) in [4.78, 5) is 4.13. The summed E-state index contributed by atoms with van der Waals surface area (Å²) in [5.41, 5.74) is -0.579. The fraction of sp³-hybridized carbons (Fsp3) is 0.643. The zero-order valence-electron chi connectivity index (χ0n) is 11.0. The van der Waals surface area contributed by atoms with Gasteiger partial charge in [-0.25, -0.2) is 0 Å². The number of nitrogens with zero attached hydrogens (tertiary/aromatic N) is 2. The first-order chi connectivity index (χ1) is 9.59. The van der Waals surface area contributed by atoms with Gasteiger partial charge in [0, 0.05) is 12.6 Å². The number of pyridine rings is 1. The molecule has 6 heteroatoms. The second-order valence-corrected chi connectivity index (χ2v) is 5.62. The van der Waals surface area contributed by atoms with Crippen LogP contribution >= 0.6 is 0 Å². The molecule has 1 aliphatic carbocycles. The molecule has 0 aromatic carbocycles. The van der Waals surface area contributed by atoms with Crippen molar-refractivity contribution in [2.45, 2.75) is 44.6 Å². The quantitative estimate of drug-likeness (QED) is 0.608. The van der Waals surface area contributed by atoms with Crippen molar-refractivity contribution in [1.82, 2.24) is 4.98 Å². The molecule has 1 aromatic rings. The van der Waals surface area contributed by atoms with Crippen molar-refractivity contribution in [3.05, 3.63) is 23.5 Å². The Labute approximate surface area is 114 Å². The molecule has 2 fully saturated rings. The highest BCUT2D eigenvalue weighted by molar-refractivity contribution is 5.50. The van der Waals surface area contributed by atoms with Gasteiger partial charge in [0.2, 0.25) is 11.6 Å². The second kappa shape index (κ2) is 5.22. The van der Waals surface area contributed by atoms with Gasteiger partial charge in [-0.3, -0.25) is 0 Å². The van der Waals surface area contributed by atoms with Gasteiger partial charge in [-0.2, -0.15) is 22.5 Å². The molecule has 110 valence electrons. The van der Waals surface area contributed by atoms with Gasteiger partial charge in [0.05, 0.1) is 0 Å². The minimum absolute atomic E-state index is 0.0253. The van der Waals surface area contributed by atoms with Gasteiger partial charge in [-0.05, 0) is 31.6 Å². The van der Waals surface area contributed by atoms with Crippen molar-refractivity contribution in [3.8, 4) is 0 Å². The van der Waals surface area contributed by atoms with Crippen LogP contribution in [0.5, 0.6) is 0 Å². The number of halogens is 4. The molecule has 2 heterocycles. The molecule has 0 spiro atoms. The van der Waals surface area contributed by atoms with Crippen LogP contribution in [0.4, 0.5) is 23.2 Å². The number of rotatable bonds is 2. The summed E-state index contributed by atoms with van der Waals surface area (Å²) in [6.07, 6.45) is 5.85. The zero-order chi connectivity index (χ0) is 14.3. The van der Waals surface area contributed by atoms with Gasteiger partial charge >= 0.3 is 0 Å². The lowest BCUT2D eigenvalue weighted by atomic mass is 9.95. The Hall–Kier alpha value is -1.33. The lowest BCUT2D eigenvalue weighted by Crippen LogP contribution is -2.36. The third-order valence-electron chi connectivity index (χ3n) is 4.50. The Morgan fingerprint density at radius 3 is 2.05 bits per heavy atom. The minimum atomic E-state index is -1.57. The summed E-state index contributed by atoms with van der Waals surface area (Å²) in [6.45, 7) is 0.428. The molecule has 1 aliphatic heterocycles. The normalized spacial score (nSPS) is 23.8. The van der Waals surface area contributed by atoms with Gasteiger partial charge in [0.15, 0.2) is 0 Å². The van der Waals surface area contributed by atoms with Crippen LogP contribution in [-0.4, -0.2) is 17.6 Å². The fourth-order valence-electron chi connectivity index (χ4n) is 3.63. The lowest BCUT2D eigenvalue weighted by Gasteiger charge is -2.31. The van der Waals surface area contributed by atoms with E-state index >= 15 is 0 Å². The van der Waals surface area contributed by atoms with Crippen LogP contribution in [0.15, 0.2) is 0 Å². The van der Waals surface area contributed by atoms with Gasteiger partial charge in [-0.15, -0.1) is 0 Å². The van der Waals surface area contributed by atoms with Crippen LogP contribution in [0.1, 0.15) is 38.5 Å². The molecule has 2 aliphatic rings. The molecule has 3 rings (SSSR count). The highest BCUT2D eigenvalue weighted by atomic mass is 19.2. The van der Waals surface area contributed by atoms with Crippen LogP contribution < -0.4 is 4.90 Å². The predicted octanol–water partition coefficient (Wildman–Crippen LogP) is 3.80. The molecule has 20 heavy (non-hydrogen) atoms. The molecular weight excluding hydrogens is 272 g/mol.